The molecule has 0 bridgehead atoms. The third-order valence-corrected chi connectivity index (χ3v) is 3.69. The van der Waals surface area contributed by atoms with Gasteiger partial charge in [-0.3, -0.25) is 4.68 Å². The van der Waals surface area contributed by atoms with Gasteiger partial charge in [-0.15, -0.1) is 0 Å². The molecule has 2 aromatic heterocycles. The van der Waals surface area contributed by atoms with Gasteiger partial charge in [0.2, 0.25) is 0 Å². The van der Waals surface area contributed by atoms with Gasteiger partial charge in [-0.05, 0) is 18.6 Å². The van der Waals surface area contributed by atoms with Crippen LogP contribution < -0.4 is 5.73 Å². The zero-order valence-electron chi connectivity index (χ0n) is 11.4. The number of rotatable bonds is 2. The van der Waals surface area contributed by atoms with Crippen molar-refractivity contribution < 1.29 is 0 Å². The quantitative estimate of drug-likeness (QED) is 0.758. The highest BCUT2D eigenvalue weighted by atomic mass is 15.3. The van der Waals surface area contributed by atoms with Crippen molar-refractivity contribution in [3.63, 3.8) is 0 Å². The average Bonchev–Trinajstić information content (AvgIpc) is 2.92. The summed E-state index contributed by atoms with van der Waals surface area (Å²) in [5.74, 6) is 0.932. The van der Waals surface area contributed by atoms with Crippen LogP contribution in [0, 0.1) is 6.92 Å². The molecule has 0 fully saturated rings. The fourth-order valence-electron chi connectivity index (χ4n) is 2.40. The van der Waals surface area contributed by atoms with E-state index in [2.05, 4.69) is 15.7 Å². The normalized spacial score (nSPS) is 11.4. The summed E-state index contributed by atoms with van der Waals surface area (Å²) in [6.07, 6.45) is 1.86. The maximum atomic E-state index is 5.78. The summed E-state index contributed by atoms with van der Waals surface area (Å²) >= 11 is 0. The Balaban J connectivity index is 2.31. The van der Waals surface area contributed by atoms with Crippen LogP contribution in [0.2, 0.25) is 0 Å². The molecule has 0 saturated carbocycles. The first kappa shape index (κ1) is 11.9. The number of hydrogen-bond acceptors (Lipinski definition) is 3. The topological polar surface area (TPSA) is 61.7 Å². The molecule has 0 atom stereocenters. The lowest BCUT2D eigenvalue weighted by Gasteiger charge is -2.01. The van der Waals surface area contributed by atoms with Crippen molar-refractivity contribution in [3.8, 4) is 11.4 Å². The third-order valence-electron chi connectivity index (χ3n) is 3.69. The first-order valence-corrected chi connectivity index (χ1v) is 6.27. The van der Waals surface area contributed by atoms with Gasteiger partial charge in [0.1, 0.15) is 5.82 Å². The molecular weight excluding hydrogens is 238 g/mol. The van der Waals surface area contributed by atoms with Gasteiger partial charge in [-0.2, -0.15) is 5.10 Å². The molecule has 0 unspecified atom stereocenters. The summed E-state index contributed by atoms with van der Waals surface area (Å²) in [6, 6.07) is 6.11. The fourth-order valence-corrected chi connectivity index (χ4v) is 2.40. The highest BCUT2D eigenvalue weighted by Crippen LogP contribution is 2.27. The molecule has 0 aliphatic rings. The van der Waals surface area contributed by atoms with E-state index in [1.165, 1.54) is 0 Å². The molecule has 0 amide bonds. The number of benzene rings is 1. The smallest absolute Gasteiger partial charge is 0.144 e. The van der Waals surface area contributed by atoms with Crippen LogP contribution in [0.4, 0.5) is 0 Å². The first-order valence-electron chi connectivity index (χ1n) is 6.27. The van der Waals surface area contributed by atoms with Crippen molar-refractivity contribution in [3.05, 3.63) is 35.7 Å². The second kappa shape index (κ2) is 4.20. The number of nitrogens with zero attached hydrogens (tertiary/aromatic N) is 4. The van der Waals surface area contributed by atoms with E-state index in [-0.39, 0.29) is 0 Å². The minimum atomic E-state index is 0.500. The monoisotopic (exact) mass is 255 g/mol. The zero-order valence-corrected chi connectivity index (χ0v) is 11.4. The van der Waals surface area contributed by atoms with E-state index in [9.17, 15) is 0 Å². The SMILES string of the molecule is Cc1c(-c2nc3c(CN)cccc3n2C)cnn1C. The first-order chi connectivity index (χ1) is 9.13. The molecule has 1 aromatic carbocycles. The van der Waals surface area contributed by atoms with E-state index in [1.807, 2.05) is 44.0 Å². The van der Waals surface area contributed by atoms with Crippen molar-refractivity contribution in [2.45, 2.75) is 13.5 Å². The van der Waals surface area contributed by atoms with Crippen molar-refractivity contribution in [1.82, 2.24) is 19.3 Å². The van der Waals surface area contributed by atoms with Gasteiger partial charge >= 0.3 is 0 Å². The van der Waals surface area contributed by atoms with Crippen LogP contribution in [-0.2, 0) is 20.6 Å². The number of aryl methyl sites for hydroxylation is 2. The van der Waals surface area contributed by atoms with Crippen LogP contribution in [0.15, 0.2) is 24.4 Å². The van der Waals surface area contributed by atoms with Crippen LogP contribution in [0.1, 0.15) is 11.3 Å². The fraction of sp³-hybridized carbons (Fsp3) is 0.286. The van der Waals surface area contributed by atoms with E-state index in [4.69, 9.17) is 10.7 Å². The van der Waals surface area contributed by atoms with Gasteiger partial charge in [-0.25, -0.2) is 4.98 Å². The molecule has 5 heteroatoms. The van der Waals surface area contributed by atoms with Crippen molar-refractivity contribution in [2.75, 3.05) is 0 Å². The summed E-state index contributed by atoms with van der Waals surface area (Å²) in [7, 11) is 3.96. The molecule has 2 N–H and O–H groups in total. The summed E-state index contributed by atoms with van der Waals surface area (Å²) < 4.78 is 3.96. The Morgan fingerprint density at radius 2 is 2.05 bits per heavy atom. The second-order valence-electron chi connectivity index (χ2n) is 4.75. The molecule has 2 heterocycles. The lowest BCUT2D eigenvalue weighted by atomic mass is 10.2. The Bertz CT molecular complexity index is 751. The standard InChI is InChI=1S/C14H17N5/c1-9-11(8-16-19(9)3)14-17-13-10(7-15)5-4-6-12(13)18(14)2/h4-6,8H,7,15H2,1-3H3. The molecular formula is C14H17N5. The van der Waals surface area contributed by atoms with Gasteiger partial charge < -0.3 is 10.3 Å². The zero-order chi connectivity index (χ0) is 13.6. The van der Waals surface area contributed by atoms with Crippen LogP contribution in [-0.4, -0.2) is 19.3 Å². The van der Waals surface area contributed by atoms with Gasteiger partial charge in [0.15, 0.2) is 0 Å². The summed E-state index contributed by atoms with van der Waals surface area (Å²) in [4.78, 5) is 4.76. The third kappa shape index (κ3) is 1.66. The maximum absolute atomic E-state index is 5.78. The number of fused-ring (bicyclic) bond motifs is 1. The van der Waals surface area contributed by atoms with E-state index in [1.54, 1.807) is 0 Å². The summed E-state index contributed by atoms with van der Waals surface area (Å²) in [5.41, 5.74) is 11.1. The maximum Gasteiger partial charge on any atom is 0.144 e. The average molecular weight is 255 g/mol. The molecule has 5 nitrogen and oxygen atoms in total. The highest BCUT2D eigenvalue weighted by Gasteiger charge is 2.15. The number of para-hydroxylation sites is 1. The van der Waals surface area contributed by atoms with E-state index in [0.717, 1.165) is 33.7 Å². The lowest BCUT2D eigenvalue weighted by molar-refractivity contribution is 0.740. The van der Waals surface area contributed by atoms with Crippen LogP contribution in [0.5, 0.6) is 0 Å². The largest absolute Gasteiger partial charge is 0.327 e. The van der Waals surface area contributed by atoms with E-state index in [0.29, 0.717) is 6.54 Å². The molecule has 0 radical (unpaired) electrons. The summed E-state index contributed by atoms with van der Waals surface area (Å²) in [5, 5.41) is 4.29. The molecule has 0 spiro atoms. The Hall–Kier alpha value is -2.14. The van der Waals surface area contributed by atoms with Gasteiger partial charge in [0.25, 0.3) is 0 Å². The Kier molecular flexibility index (Phi) is 2.64. The van der Waals surface area contributed by atoms with Crippen molar-refractivity contribution >= 4 is 11.0 Å². The highest BCUT2D eigenvalue weighted by molar-refractivity contribution is 5.83. The number of nitrogens with two attached hydrogens (primary N) is 1. The summed E-state index contributed by atoms with van der Waals surface area (Å²) in [6.45, 7) is 2.55. The van der Waals surface area contributed by atoms with Gasteiger partial charge in [0, 0.05) is 26.3 Å². The Morgan fingerprint density at radius 1 is 1.26 bits per heavy atom. The van der Waals surface area contributed by atoms with E-state index < -0.39 is 0 Å². The Morgan fingerprint density at radius 3 is 2.68 bits per heavy atom. The predicted octanol–water partition coefficient (Wildman–Crippen LogP) is 1.74. The predicted molar refractivity (Wildman–Crippen MR) is 75.5 cm³/mol. The minimum Gasteiger partial charge on any atom is -0.327 e. The number of hydrogen-bond donors (Lipinski definition) is 1. The molecule has 98 valence electrons. The van der Waals surface area contributed by atoms with Gasteiger partial charge in [0.05, 0.1) is 22.8 Å². The van der Waals surface area contributed by atoms with Crippen LogP contribution >= 0.6 is 0 Å². The van der Waals surface area contributed by atoms with Gasteiger partial charge in [-0.1, -0.05) is 12.1 Å². The molecule has 0 saturated heterocycles. The van der Waals surface area contributed by atoms with Crippen LogP contribution in [0.3, 0.4) is 0 Å². The van der Waals surface area contributed by atoms with Crippen LogP contribution in [0.25, 0.3) is 22.4 Å². The van der Waals surface area contributed by atoms with Crippen molar-refractivity contribution in [1.29, 1.82) is 0 Å². The molecule has 0 aliphatic heterocycles. The Labute approximate surface area is 111 Å². The molecule has 3 rings (SSSR count). The van der Waals surface area contributed by atoms with Crippen molar-refractivity contribution in [2.24, 2.45) is 19.8 Å². The molecule has 0 aliphatic carbocycles. The van der Waals surface area contributed by atoms with E-state index >= 15 is 0 Å². The minimum absolute atomic E-state index is 0.500. The number of imidazole rings is 1. The molecule has 3 aromatic rings. The second-order valence-corrected chi connectivity index (χ2v) is 4.75. The molecule has 19 heavy (non-hydrogen) atoms. The number of aromatic nitrogens is 4. The lowest BCUT2D eigenvalue weighted by Crippen LogP contribution is -1.97.